The van der Waals surface area contributed by atoms with Crippen molar-refractivity contribution in [3.8, 4) is 0 Å². The van der Waals surface area contributed by atoms with E-state index in [0.717, 1.165) is 0 Å². The Kier molecular flexibility index (Phi) is 5.23. The fourth-order valence-corrected chi connectivity index (χ4v) is 2.27. The number of benzene rings is 1. The summed E-state index contributed by atoms with van der Waals surface area (Å²) in [5.41, 5.74) is 0.758. The highest BCUT2D eigenvalue weighted by molar-refractivity contribution is 5.94. The standard InChI is InChI=1S/C18H16N4O4/c23-16(6-4-13-2-1-9-26-13)19-8-7-17(24)22-12-3-5-15-14(10-12)18(25)21-11-20-15/h1-6,9-11H,7-8H2,(H,19,23)(H,22,24)(H,20,21,25)/b6-4+. The van der Waals surface area contributed by atoms with Crippen LogP contribution >= 0.6 is 0 Å². The molecule has 8 heteroatoms. The van der Waals surface area contributed by atoms with Crippen LogP contribution in [0.15, 0.2) is 58.2 Å². The first-order valence-electron chi connectivity index (χ1n) is 7.88. The van der Waals surface area contributed by atoms with E-state index >= 15 is 0 Å². The second-order valence-corrected chi connectivity index (χ2v) is 5.40. The van der Waals surface area contributed by atoms with Gasteiger partial charge in [0.2, 0.25) is 11.8 Å². The highest BCUT2D eigenvalue weighted by atomic mass is 16.3. The lowest BCUT2D eigenvalue weighted by molar-refractivity contribution is -0.117. The molecule has 2 heterocycles. The minimum absolute atomic E-state index is 0.0990. The average Bonchev–Trinajstić information content (AvgIpc) is 3.14. The number of nitrogens with zero attached hydrogens (tertiary/aromatic N) is 1. The number of hydrogen-bond acceptors (Lipinski definition) is 5. The maximum atomic E-state index is 12.0. The van der Waals surface area contributed by atoms with Crippen molar-refractivity contribution < 1.29 is 14.0 Å². The summed E-state index contributed by atoms with van der Waals surface area (Å²) in [6, 6.07) is 8.32. The quantitative estimate of drug-likeness (QED) is 0.584. The molecule has 3 aromatic rings. The molecule has 0 aliphatic carbocycles. The molecule has 8 nitrogen and oxygen atoms in total. The summed E-state index contributed by atoms with van der Waals surface area (Å²) < 4.78 is 5.07. The lowest BCUT2D eigenvalue weighted by Crippen LogP contribution is -2.26. The Morgan fingerprint density at radius 3 is 2.96 bits per heavy atom. The number of aromatic nitrogens is 2. The molecular formula is C18H16N4O4. The summed E-state index contributed by atoms with van der Waals surface area (Å²) >= 11 is 0. The van der Waals surface area contributed by atoms with Crippen LogP contribution in [0.4, 0.5) is 5.69 Å². The van der Waals surface area contributed by atoms with Gasteiger partial charge in [0.1, 0.15) is 5.76 Å². The number of furan rings is 1. The summed E-state index contributed by atoms with van der Waals surface area (Å²) in [6.07, 6.45) is 5.81. The van der Waals surface area contributed by atoms with Gasteiger partial charge in [-0.25, -0.2) is 4.98 Å². The highest BCUT2D eigenvalue weighted by Gasteiger charge is 2.06. The second kappa shape index (κ2) is 7.93. The van der Waals surface area contributed by atoms with Crippen molar-refractivity contribution in [1.82, 2.24) is 15.3 Å². The van der Waals surface area contributed by atoms with Crippen molar-refractivity contribution in [2.45, 2.75) is 6.42 Å². The molecule has 26 heavy (non-hydrogen) atoms. The molecular weight excluding hydrogens is 336 g/mol. The van der Waals surface area contributed by atoms with Gasteiger partial charge in [-0.05, 0) is 36.4 Å². The first-order valence-corrected chi connectivity index (χ1v) is 7.88. The van der Waals surface area contributed by atoms with E-state index in [1.54, 1.807) is 30.3 Å². The second-order valence-electron chi connectivity index (χ2n) is 5.40. The maximum absolute atomic E-state index is 12.0. The van der Waals surface area contributed by atoms with Crippen molar-refractivity contribution in [2.75, 3.05) is 11.9 Å². The Morgan fingerprint density at radius 1 is 1.27 bits per heavy atom. The Labute approximate surface area is 147 Å². The molecule has 0 aliphatic rings. The predicted octanol–water partition coefficient (Wildman–Crippen LogP) is 1.67. The van der Waals surface area contributed by atoms with Gasteiger partial charge in [-0.1, -0.05) is 0 Å². The van der Waals surface area contributed by atoms with Gasteiger partial charge in [0.05, 0.1) is 23.5 Å². The summed E-state index contributed by atoms with van der Waals surface area (Å²) in [5, 5.41) is 5.68. The van der Waals surface area contributed by atoms with Gasteiger partial charge >= 0.3 is 0 Å². The molecule has 2 amide bonds. The molecule has 132 valence electrons. The summed E-state index contributed by atoms with van der Waals surface area (Å²) in [5.74, 6) is -0.0313. The number of carbonyl (C=O) groups is 2. The average molecular weight is 352 g/mol. The topological polar surface area (TPSA) is 117 Å². The molecule has 1 aromatic carbocycles. The van der Waals surface area contributed by atoms with E-state index in [-0.39, 0.29) is 30.3 Å². The normalized spacial score (nSPS) is 10.9. The third kappa shape index (κ3) is 4.44. The molecule has 0 spiro atoms. The Balaban J connectivity index is 1.49. The molecule has 0 bridgehead atoms. The summed E-state index contributed by atoms with van der Waals surface area (Å²) in [7, 11) is 0. The van der Waals surface area contributed by atoms with E-state index in [1.807, 2.05) is 0 Å². The molecule has 0 saturated heterocycles. The van der Waals surface area contributed by atoms with Crippen molar-refractivity contribution in [3.05, 3.63) is 65.1 Å². The molecule has 0 unspecified atom stereocenters. The monoisotopic (exact) mass is 352 g/mol. The van der Waals surface area contributed by atoms with Gasteiger partial charge in [-0.2, -0.15) is 0 Å². The van der Waals surface area contributed by atoms with Gasteiger partial charge in [0, 0.05) is 24.7 Å². The molecule has 0 radical (unpaired) electrons. The molecule has 0 aliphatic heterocycles. The van der Waals surface area contributed by atoms with E-state index in [9.17, 15) is 14.4 Å². The zero-order chi connectivity index (χ0) is 18.4. The van der Waals surface area contributed by atoms with Crippen molar-refractivity contribution >= 4 is 34.5 Å². The minimum atomic E-state index is -0.322. The van der Waals surface area contributed by atoms with Gasteiger partial charge in [0.25, 0.3) is 5.56 Å². The number of anilines is 1. The van der Waals surface area contributed by atoms with E-state index < -0.39 is 0 Å². The predicted molar refractivity (Wildman–Crippen MR) is 96.4 cm³/mol. The van der Waals surface area contributed by atoms with Crippen LogP contribution in [0.2, 0.25) is 0 Å². The molecule has 0 atom stereocenters. The first-order chi connectivity index (χ1) is 12.6. The maximum Gasteiger partial charge on any atom is 0.258 e. The van der Waals surface area contributed by atoms with Crippen LogP contribution in [0.1, 0.15) is 12.2 Å². The molecule has 0 fully saturated rings. The van der Waals surface area contributed by atoms with E-state index in [2.05, 4.69) is 20.6 Å². The zero-order valence-corrected chi connectivity index (χ0v) is 13.7. The van der Waals surface area contributed by atoms with Crippen LogP contribution in [-0.4, -0.2) is 28.3 Å². The van der Waals surface area contributed by atoms with Crippen molar-refractivity contribution in [1.29, 1.82) is 0 Å². The number of fused-ring (bicyclic) bond motifs is 1. The Bertz CT molecular complexity index is 1010. The van der Waals surface area contributed by atoms with Crippen LogP contribution in [-0.2, 0) is 9.59 Å². The van der Waals surface area contributed by atoms with E-state index in [0.29, 0.717) is 22.4 Å². The fraction of sp³-hybridized carbons (Fsp3) is 0.111. The number of H-pyrrole nitrogens is 1. The van der Waals surface area contributed by atoms with Gasteiger partial charge in [-0.3, -0.25) is 14.4 Å². The number of amides is 2. The van der Waals surface area contributed by atoms with Crippen LogP contribution < -0.4 is 16.2 Å². The van der Waals surface area contributed by atoms with Gasteiger partial charge < -0.3 is 20.0 Å². The number of rotatable bonds is 6. The van der Waals surface area contributed by atoms with Gasteiger partial charge in [0.15, 0.2) is 0 Å². The molecule has 3 rings (SSSR count). The number of nitrogens with one attached hydrogen (secondary N) is 3. The number of carbonyl (C=O) groups excluding carboxylic acids is 2. The fourth-order valence-electron chi connectivity index (χ4n) is 2.27. The number of aromatic amines is 1. The van der Waals surface area contributed by atoms with Gasteiger partial charge in [-0.15, -0.1) is 0 Å². The Morgan fingerprint density at radius 2 is 2.15 bits per heavy atom. The molecule has 0 saturated carbocycles. The molecule has 3 N–H and O–H groups in total. The minimum Gasteiger partial charge on any atom is -0.465 e. The number of hydrogen-bond donors (Lipinski definition) is 3. The lowest BCUT2D eigenvalue weighted by Gasteiger charge is -2.06. The summed E-state index contributed by atoms with van der Waals surface area (Å²) in [6.45, 7) is 0.183. The van der Waals surface area contributed by atoms with Crippen LogP contribution in [0.5, 0.6) is 0 Å². The van der Waals surface area contributed by atoms with Crippen LogP contribution in [0.3, 0.4) is 0 Å². The molecule has 2 aromatic heterocycles. The van der Waals surface area contributed by atoms with E-state index in [1.165, 1.54) is 24.7 Å². The Hall–Kier alpha value is -3.68. The van der Waals surface area contributed by atoms with Crippen molar-refractivity contribution in [2.24, 2.45) is 0 Å². The largest absolute Gasteiger partial charge is 0.465 e. The first kappa shape index (κ1) is 17.2. The summed E-state index contributed by atoms with van der Waals surface area (Å²) in [4.78, 5) is 41.9. The van der Waals surface area contributed by atoms with Crippen molar-refractivity contribution in [3.63, 3.8) is 0 Å². The van der Waals surface area contributed by atoms with E-state index in [4.69, 9.17) is 4.42 Å². The smallest absolute Gasteiger partial charge is 0.258 e. The third-order valence-electron chi connectivity index (χ3n) is 3.52. The van der Waals surface area contributed by atoms with Crippen LogP contribution in [0.25, 0.3) is 17.0 Å². The zero-order valence-electron chi connectivity index (χ0n) is 13.7. The lowest BCUT2D eigenvalue weighted by atomic mass is 10.2. The SMILES string of the molecule is O=C(/C=C/c1ccco1)NCCC(=O)Nc1ccc2nc[nH]c(=O)c2c1. The third-order valence-corrected chi connectivity index (χ3v) is 3.52. The highest BCUT2D eigenvalue weighted by Crippen LogP contribution is 2.14. The van der Waals surface area contributed by atoms with Crippen LogP contribution in [0, 0.1) is 0 Å².